The number of aromatic nitrogens is 3. The van der Waals surface area contributed by atoms with E-state index in [0.717, 1.165) is 5.56 Å². The van der Waals surface area contributed by atoms with Crippen LogP contribution < -0.4 is 10.1 Å². The summed E-state index contributed by atoms with van der Waals surface area (Å²) in [7, 11) is 0. The average Bonchev–Trinajstić information content (AvgIpc) is 3.09. The van der Waals surface area contributed by atoms with Gasteiger partial charge in [-0.1, -0.05) is 12.1 Å². The van der Waals surface area contributed by atoms with Gasteiger partial charge >= 0.3 is 0 Å². The van der Waals surface area contributed by atoms with E-state index < -0.39 is 0 Å². The summed E-state index contributed by atoms with van der Waals surface area (Å²) in [5.74, 6) is 0.750. The maximum absolute atomic E-state index is 14.0. The van der Waals surface area contributed by atoms with Crippen LogP contribution in [0.25, 0.3) is 17.1 Å². The molecule has 7 heteroatoms. The Morgan fingerprint density at radius 1 is 1.20 bits per heavy atom. The number of carbonyl (C=O) groups excluding carboxylic acids is 1. The number of amides is 1. The lowest BCUT2D eigenvalue weighted by atomic mass is 10.2. The topological polar surface area (TPSA) is 69.0 Å². The van der Waals surface area contributed by atoms with Crippen molar-refractivity contribution in [2.75, 3.05) is 13.2 Å². The maximum Gasteiger partial charge on any atom is 0.216 e. The number of para-hydroxylation sites is 1. The van der Waals surface area contributed by atoms with Gasteiger partial charge in [0.15, 0.2) is 5.82 Å². The standard InChI is InChI=1S/C18H17FN4O2/c1-13(24)20-10-11-25-15-8-6-14(7-9-15)18-21-12-22-23(18)17-5-3-2-4-16(17)19/h2-9,12H,10-11H2,1H3,(H,20,24). The molecule has 0 bridgehead atoms. The van der Waals surface area contributed by atoms with E-state index in [1.165, 1.54) is 24.0 Å². The van der Waals surface area contributed by atoms with Crippen LogP contribution in [0.5, 0.6) is 5.75 Å². The predicted molar refractivity (Wildman–Crippen MR) is 90.9 cm³/mol. The van der Waals surface area contributed by atoms with E-state index in [1.807, 2.05) is 12.1 Å². The molecule has 0 atom stereocenters. The third-order valence-corrected chi connectivity index (χ3v) is 3.49. The van der Waals surface area contributed by atoms with Crippen LogP contribution in [0.15, 0.2) is 54.9 Å². The van der Waals surface area contributed by atoms with Gasteiger partial charge in [0, 0.05) is 12.5 Å². The van der Waals surface area contributed by atoms with Gasteiger partial charge < -0.3 is 10.1 Å². The Kier molecular flexibility index (Phi) is 5.03. The first-order valence-corrected chi connectivity index (χ1v) is 7.78. The lowest BCUT2D eigenvalue weighted by Crippen LogP contribution is -2.25. The molecule has 0 fully saturated rings. The highest BCUT2D eigenvalue weighted by molar-refractivity contribution is 5.72. The molecule has 3 aromatic rings. The van der Waals surface area contributed by atoms with Gasteiger partial charge in [-0.2, -0.15) is 5.10 Å². The first-order valence-electron chi connectivity index (χ1n) is 7.78. The smallest absolute Gasteiger partial charge is 0.216 e. The van der Waals surface area contributed by atoms with Crippen LogP contribution in [-0.2, 0) is 4.79 Å². The van der Waals surface area contributed by atoms with Crippen molar-refractivity contribution >= 4 is 5.91 Å². The average molecular weight is 340 g/mol. The molecule has 1 N–H and O–H groups in total. The number of nitrogens with one attached hydrogen (secondary N) is 1. The predicted octanol–water partition coefficient (Wildman–Crippen LogP) is 2.59. The number of benzene rings is 2. The minimum Gasteiger partial charge on any atom is -0.492 e. The molecule has 25 heavy (non-hydrogen) atoms. The SMILES string of the molecule is CC(=O)NCCOc1ccc(-c2ncnn2-c2ccccc2F)cc1. The van der Waals surface area contributed by atoms with E-state index in [-0.39, 0.29) is 11.7 Å². The van der Waals surface area contributed by atoms with Gasteiger partial charge in [0.1, 0.15) is 30.2 Å². The molecule has 0 radical (unpaired) electrons. The van der Waals surface area contributed by atoms with Crippen LogP contribution in [-0.4, -0.2) is 33.8 Å². The number of ether oxygens (including phenoxy) is 1. The third-order valence-electron chi connectivity index (χ3n) is 3.49. The highest BCUT2D eigenvalue weighted by Gasteiger charge is 2.12. The Balaban J connectivity index is 1.75. The molecule has 1 amide bonds. The first kappa shape index (κ1) is 16.6. The Morgan fingerprint density at radius 3 is 2.68 bits per heavy atom. The van der Waals surface area contributed by atoms with Gasteiger partial charge in [-0.05, 0) is 36.4 Å². The minimum absolute atomic E-state index is 0.0913. The molecule has 128 valence electrons. The summed E-state index contributed by atoms with van der Waals surface area (Å²) in [4.78, 5) is 15.0. The van der Waals surface area contributed by atoms with Crippen molar-refractivity contribution in [3.63, 3.8) is 0 Å². The summed E-state index contributed by atoms with van der Waals surface area (Å²) in [5, 5.41) is 6.78. The monoisotopic (exact) mass is 340 g/mol. The molecule has 0 saturated heterocycles. The second-order valence-electron chi connectivity index (χ2n) is 5.30. The maximum atomic E-state index is 14.0. The highest BCUT2D eigenvalue weighted by atomic mass is 19.1. The fraction of sp³-hybridized carbons (Fsp3) is 0.167. The molecular weight excluding hydrogens is 323 g/mol. The Hall–Kier alpha value is -3.22. The summed E-state index contributed by atoms with van der Waals surface area (Å²) in [6, 6.07) is 13.6. The molecule has 0 aliphatic rings. The second-order valence-corrected chi connectivity index (χ2v) is 5.30. The largest absolute Gasteiger partial charge is 0.492 e. The lowest BCUT2D eigenvalue weighted by Gasteiger charge is -2.09. The van der Waals surface area contributed by atoms with Crippen molar-refractivity contribution in [1.82, 2.24) is 20.1 Å². The van der Waals surface area contributed by atoms with E-state index >= 15 is 0 Å². The van der Waals surface area contributed by atoms with Crippen molar-refractivity contribution in [3.05, 3.63) is 60.7 Å². The van der Waals surface area contributed by atoms with Crippen LogP contribution in [0.4, 0.5) is 4.39 Å². The minimum atomic E-state index is -0.368. The Morgan fingerprint density at radius 2 is 1.96 bits per heavy atom. The van der Waals surface area contributed by atoms with Crippen LogP contribution in [0.2, 0.25) is 0 Å². The van der Waals surface area contributed by atoms with Crippen molar-refractivity contribution in [2.24, 2.45) is 0 Å². The normalized spacial score (nSPS) is 10.5. The Bertz CT molecular complexity index is 862. The Labute approximate surface area is 144 Å². The van der Waals surface area contributed by atoms with E-state index in [0.29, 0.717) is 30.4 Å². The zero-order chi connectivity index (χ0) is 17.6. The molecule has 0 unspecified atom stereocenters. The number of halogens is 1. The summed E-state index contributed by atoms with van der Waals surface area (Å²) in [6.07, 6.45) is 1.39. The number of hydrogen-bond donors (Lipinski definition) is 1. The van der Waals surface area contributed by atoms with Crippen molar-refractivity contribution in [3.8, 4) is 22.8 Å². The van der Waals surface area contributed by atoms with Crippen LogP contribution in [0, 0.1) is 5.82 Å². The van der Waals surface area contributed by atoms with Gasteiger partial charge in [0.2, 0.25) is 5.91 Å². The molecule has 0 aliphatic heterocycles. The fourth-order valence-corrected chi connectivity index (χ4v) is 2.33. The third kappa shape index (κ3) is 4.00. The summed E-state index contributed by atoms with van der Waals surface area (Å²) < 4.78 is 21.0. The molecule has 0 aliphatic carbocycles. The van der Waals surface area contributed by atoms with Crippen molar-refractivity contribution in [2.45, 2.75) is 6.92 Å². The summed E-state index contributed by atoms with van der Waals surface area (Å²) in [6.45, 7) is 2.28. The van der Waals surface area contributed by atoms with Gasteiger partial charge in [0.25, 0.3) is 0 Å². The zero-order valence-electron chi connectivity index (χ0n) is 13.6. The van der Waals surface area contributed by atoms with Crippen LogP contribution in [0.1, 0.15) is 6.92 Å². The first-order chi connectivity index (χ1) is 12.1. The molecule has 1 heterocycles. The fourth-order valence-electron chi connectivity index (χ4n) is 2.33. The summed E-state index contributed by atoms with van der Waals surface area (Å²) >= 11 is 0. The number of carbonyl (C=O) groups is 1. The molecule has 0 saturated carbocycles. The summed E-state index contributed by atoms with van der Waals surface area (Å²) in [5.41, 5.74) is 1.13. The molecule has 1 aromatic heterocycles. The molecule has 3 rings (SSSR count). The van der Waals surface area contributed by atoms with E-state index in [1.54, 1.807) is 30.3 Å². The van der Waals surface area contributed by atoms with Gasteiger partial charge in [-0.3, -0.25) is 4.79 Å². The van der Waals surface area contributed by atoms with Crippen molar-refractivity contribution in [1.29, 1.82) is 0 Å². The molecule has 6 nitrogen and oxygen atoms in total. The van der Waals surface area contributed by atoms with Gasteiger partial charge in [-0.15, -0.1) is 0 Å². The quantitative estimate of drug-likeness (QED) is 0.700. The van der Waals surface area contributed by atoms with E-state index in [9.17, 15) is 9.18 Å². The highest BCUT2D eigenvalue weighted by Crippen LogP contribution is 2.23. The number of nitrogens with zero attached hydrogens (tertiary/aromatic N) is 3. The van der Waals surface area contributed by atoms with Crippen LogP contribution in [0.3, 0.4) is 0 Å². The molecule has 0 spiro atoms. The molecular formula is C18H17FN4O2. The van der Waals surface area contributed by atoms with Gasteiger partial charge in [-0.25, -0.2) is 14.1 Å². The molecule has 2 aromatic carbocycles. The van der Waals surface area contributed by atoms with E-state index in [2.05, 4.69) is 15.4 Å². The lowest BCUT2D eigenvalue weighted by molar-refractivity contribution is -0.119. The van der Waals surface area contributed by atoms with Gasteiger partial charge in [0.05, 0.1) is 6.54 Å². The zero-order valence-corrected chi connectivity index (χ0v) is 13.6. The number of rotatable bonds is 6. The second kappa shape index (κ2) is 7.57. The van der Waals surface area contributed by atoms with Crippen molar-refractivity contribution < 1.29 is 13.9 Å². The number of hydrogen-bond acceptors (Lipinski definition) is 4. The van der Waals surface area contributed by atoms with E-state index in [4.69, 9.17) is 4.74 Å². The van der Waals surface area contributed by atoms with Crippen LogP contribution >= 0.6 is 0 Å².